The summed E-state index contributed by atoms with van der Waals surface area (Å²) in [6, 6.07) is 7.51. The summed E-state index contributed by atoms with van der Waals surface area (Å²) in [6.07, 6.45) is 6.29. The number of amides is 1. The minimum Gasteiger partial charge on any atom is -0.493 e. The van der Waals surface area contributed by atoms with Crippen molar-refractivity contribution in [3.8, 4) is 22.8 Å². The monoisotopic (exact) mass is 496 g/mol. The number of hydrogen-bond donors (Lipinski definition) is 3. The Labute approximate surface area is 209 Å². The highest BCUT2D eigenvalue weighted by Crippen LogP contribution is 2.48. The van der Waals surface area contributed by atoms with Gasteiger partial charge >= 0.3 is 0 Å². The van der Waals surface area contributed by atoms with Crippen molar-refractivity contribution in [1.29, 1.82) is 0 Å². The smallest absolute Gasteiger partial charge is 0.255 e. The summed E-state index contributed by atoms with van der Waals surface area (Å²) >= 11 is 6.39. The Balaban J connectivity index is 1.67. The van der Waals surface area contributed by atoms with Gasteiger partial charge in [0.2, 0.25) is 0 Å². The van der Waals surface area contributed by atoms with E-state index in [0.29, 0.717) is 40.1 Å². The van der Waals surface area contributed by atoms with Crippen LogP contribution in [0.5, 0.6) is 11.5 Å². The van der Waals surface area contributed by atoms with E-state index in [2.05, 4.69) is 20.6 Å². The van der Waals surface area contributed by atoms with Crippen molar-refractivity contribution in [3.63, 3.8) is 0 Å². The molecule has 3 heterocycles. The number of methoxy groups -OCH3 is 2. The van der Waals surface area contributed by atoms with Gasteiger partial charge in [0.1, 0.15) is 11.9 Å². The van der Waals surface area contributed by atoms with E-state index in [1.807, 2.05) is 25.1 Å². The Morgan fingerprint density at radius 3 is 2.91 bits per heavy atom. The van der Waals surface area contributed by atoms with Crippen LogP contribution < -0.4 is 20.1 Å². The number of aromatic nitrogens is 2. The second kappa shape index (κ2) is 9.79. The molecule has 8 nitrogen and oxygen atoms in total. The van der Waals surface area contributed by atoms with Gasteiger partial charge in [0.15, 0.2) is 5.75 Å². The third-order valence-corrected chi connectivity index (χ3v) is 6.97. The molecule has 0 radical (unpaired) electrons. The van der Waals surface area contributed by atoms with Gasteiger partial charge < -0.3 is 29.8 Å². The zero-order valence-electron chi connectivity index (χ0n) is 20.0. The fourth-order valence-corrected chi connectivity index (χ4v) is 5.45. The highest BCUT2D eigenvalue weighted by molar-refractivity contribution is 6.32. The van der Waals surface area contributed by atoms with Gasteiger partial charge in [0.25, 0.3) is 5.91 Å². The number of fused-ring (bicyclic) bond motifs is 3. The highest BCUT2D eigenvalue weighted by Gasteiger charge is 2.41. The SMILES string of the molecule is COCC(C)Oc1cnccc1-c1[nH]c2c(c1Nc1cccc(Cl)c1OC)C(=O)NC1CCCC21. The predicted molar refractivity (Wildman–Crippen MR) is 135 cm³/mol. The molecule has 5 rings (SSSR count). The van der Waals surface area contributed by atoms with E-state index in [9.17, 15) is 4.79 Å². The molecule has 3 N–H and O–H groups in total. The van der Waals surface area contributed by atoms with E-state index >= 15 is 0 Å². The molecule has 0 spiro atoms. The molecule has 0 bridgehead atoms. The van der Waals surface area contributed by atoms with Gasteiger partial charge in [-0.15, -0.1) is 0 Å². The Morgan fingerprint density at radius 2 is 2.11 bits per heavy atom. The summed E-state index contributed by atoms with van der Waals surface area (Å²) in [7, 11) is 3.21. The molecule has 1 aromatic carbocycles. The lowest BCUT2D eigenvalue weighted by Gasteiger charge is -2.27. The molecule has 2 aromatic heterocycles. The summed E-state index contributed by atoms with van der Waals surface area (Å²) in [5, 5.41) is 7.14. The lowest BCUT2D eigenvalue weighted by atomic mass is 9.91. The Morgan fingerprint density at radius 1 is 1.26 bits per heavy atom. The first-order valence-electron chi connectivity index (χ1n) is 11.8. The van der Waals surface area contributed by atoms with Crippen LogP contribution in [0.3, 0.4) is 0 Å². The number of anilines is 2. The first-order valence-corrected chi connectivity index (χ1v) is 12.2. The average molecular weight is 497 g/mol. The van der Waals surface area contributed by atoms with Gasteiger partial charge in [0.05, 0.1) is 47.6 Å². The van der Waals surface area contributed by atoms with Crippen LogP contribution in [0.2, 0.25) is 5.02 Å². The molecule has 2 aliphatic rings. The number of rotatable bonds is 8. The average Bonchev–Trinajstić information content (AvgIpc) is 3.45. The van der Waals surface area contributed by atoms with E-state index in [-0.39, 0.29) is 24.0 Å². The molecule has 3 unspecified atom stereocenters. The van der Waals surface area contributed by atoms with Crippen LogP contribution >= 0.6 is 11.6 Å². The number of nitrogens with zero attached hydrogens (tertiary/aromatic N) is 1. The van der Waals surface area contributed by atoms with Crippen molar-refractivity contribution in [2.75, 3.05) is 26.1 Å². The number of halogens is 1. The highest BCUT2D eigenvalue weighted by atomic mass is 35.5. The summed E-state index contributed by atoms with van der Waals surface area (Å²) < 4.78 is 17.0. The molecular formula is C26H29ClN4O4. The maximum Gasteiger partial charge on any atom is 0.255 e. The number of pyridine rings is 1. The lowest BCUT2D eigenvalue weighted by molar-refractivity contribution is 0.0920. The number of para-hydroxylation sites is 1. The van der Waals surface area contributed by atoms with Crippen LogP contribution in [0, 0.1) is 0 Å². The topological polar surface area (TPSA) is 97.5 Å². The van der Waals surface area contributed by atoms with Gasteiger partial charge in [-0.25, -0.2) is 0 Å². The largest absolute Gasteiger partial charge is 0.493 e. The Kier molecular flexibility index (Phi) is 6.58. The fourth-order valence-electron chi connectivity index (χ4n) is 5.19. The van der Waals surface area contributed by atoms with Gasteiger partial charge in [0, 0.05) is 36.5 Å². The molecule has 0 saturated heterocycles. The third-order valence-electron chi connectivity index (χ3n) is 6.67. The van der Waals surface area contributed by atoms with Crippen molar-refractivity contribution in [3.05, 3.63) is 52.9 Å². The summed E-state index contributed by atoms with van der Waals surface area (Å²) in [5.41, 5.74) is 4.41. The maximum absolute atomic E-state index is 13.4. The van der Waals surface area contributed by atoms with Crippen molar-refractivity contribution in [2.24, 2.45) is 0 Å². The third kappa shape index (κ3) is 4.32. The summed E-state index contributed by atoms with van der Waals surface area (Å²) in [5.74, 6) is 1.24. The molecule has 1 amide bonds. The van der Waals surface area contributed by atoms with Crippen molar-refractivity contribution >= 4 is 28.9 Å². The molecule has 1 fully saturated rings. The molecule has 3 atom stereocenters. The normalized spacial score (nSPS) is 19.5. The second-order valence-electron chi connectivity index (χ2n) is 8.98. The van der Waals surface area contributed by atoms with Crippen molar-refractivity contribution in [1.82, 2.24) is 15.3 Å². The zero-order chi connectivity index (χ0) is 24.5. The molecule has 1 aliphatic carbocycles. The first-order chi connectivity index (χ1) is 17.0. The molecular weight excluding hydrogens is 468 g/mol. The van der Waals surface area contributed by atoms with E-state index in [1.165, 1.54) is 0 Å². The van der Waals surface area contributed by atoms with Gasteiger partial charge in [-0.1, -0.05) is 24.1 Å². The van der Waals surface area contributed by atoms with Gasteiger partial charge in [-0.05, 0) is 38.0 Å². The standard InChI is InChI=1S/C26H29ClN4O4/c1-14(13-33-2)35-20-12-28-11-10-16(20)23-24(29-19-9-5-7-17(27)25(19)34-3)21-22(31-23)15-6-4-8-18(15)30-26(21)32/h5,7,9-12,14-15,18,29,31H,4,6,8,13H2,1-3H3,(H,30,32). The number of nitrogens with one attached hydrogen (secondary N) is 3. The van der Waals surface area contributed by atoms with Crippen LogP contribution in [0.25, 0.3) is 11.3 Å². The Hall–Kier alpha value is -3.23. The van der Waals surface area contributed by atoms with Gasteiger partial charge in [-0.2, -0.15) is 0 Å². The molecule has 1 aliphatic heterocycles. The van der Waals surface area contributed by atoms with E-state index in [1.54, 1.807) is 32.7 Å². The molecule has 184 valence electrons. The molecule has 1 saturated carbocycles. The van der Waals surface area contributed by atoms with Crippen molar-refractivity contribution < 1.29 is 19.0 Å². The number of ether oxygens (including phenoxy) is 3. The molecule has 3 aromatic rings. The number of benzene rings is 1. The first kappa shape index (κ1) is 23.5. The molecule has 35 heavy (non-hydrogen) atoms. The zero-order valence-corrected chi connectivity index (χ0v) is 20.7. The van der Waals surface area contributed by atoms with Gasteiger partial charge in [-0.3, -0.25) is 9.78 Å². The van der Waals surface area contributed by atoms with Crippen LogP contribution in [-0.4, -0.2) is 48.8 Å². The quantitative estimate of drug-likeness (QED) is 0.393. The van der Waals surface area contributed by atoms with Crippen LogP contribution in [0.1, 0.15) is 48.2 Å². The number of hydrogen-bond acceptors (Lipinski definition) is 6. The minimum atomic E-state index is -0.181. The second-order valence-corrected chi connectivity index (χ2v) is 9.39. The van der Waals surface area contributed by atoms with E-state index in [0.717, 1.165) is 36.2 Å². The minimum absolute atomic E-state index is 0.0987. The number of carbonyl (C=O) groups excluding carboxylic acids is 1. The Bertz CT molecular complexity index is 1240. The number of aromatic amines is 1. The van der Waals surface area contributed by atoms with Crippen LogP contribution in [-0.2, 0) is 4.74 Å². The molecule has 9 heteroatoms. The lowest BCUT2D eigenvalue weighted by Crippen LogP contribution is -2.41. The van der Waals surface area contributed by atoms with E-state index < -0.39 is 0 Å². The number of carbonyl (C=O) groups is 1. The predicted octanol–water partition coefficient (Wildman–Crippen LogP) is 5.28. The fraction of sp³-hybridized carbons (Fsp3) is 0.385. The van der Waals surface area contributed by atoms with Crippen LogP contribution in [0.4, 0.5) is 11.4 Å². The van der Waals surface area contributed by atoms with E-state index in [4.69, 9.17) is 25.8 Å². The van der Waals surface area contributed by atoms with Crippen molar-refractivity contribution in [2.45, 2.75) is 44.2 Å². The number of H-pyrrole nitrogens is 1. The summed E-state index contributed by atoms with van der Waals surface area (Å²) in [4.78, 5) is 21.2. The summed E-state index contributed by atoms with van der Waals surface area (Å²) in [6.45, 7) is 2.37. The van der Waals surface area contributed by atoms with Crippen LogP contribution in [0.15, 0.2) is 36.7 Å². The maximum atomic E-state index is 13.4.